The molecule has 5 rings (SSSR count). The van der Waals surface area contributed by atoms with Crippen LogP contribution in [0.3, 0.4) is 0 Å². The van der Waals surface area contributed by atoms with Gasteiger partial charge in [-0.3, -0.25) is 14.4 Å². The quantitative estimate of drug-likeness (QED) is 0.529. The fraction of sp³-hybridized carbons (Fsp3) is 0.481. The van der Waals surface area contributed by atoms with Gasteiger partial charge in [-0.15, -0.1) is 0 Å². The minimum absolute atomic E-state index is 0.0316. The SMILES string of the molecule is CC1CCN(C(=O)CN2Cc3ccc(N4CC[C@@H](Oc5ccc(OCC(F)(F)F)nc5)C4=O)cc3C2=O)CC1. The van der Waals surface area contributed by atoms with Crippen molar-refractivity contribution in [1.29, 1.82) is 0 Å². The Hall–Kier alpha value is -3.83. The standard InChI is InChI=1S/C27H29F3N4O5/c1-17-6-9-32(10-7-17)24(35)15-33-14-18-2-3-19(12-21(18)25(33)36)34-11-8-22(26(34)37)39-20-4-5-23(31-13-20)38-16-27(28,29)30/h2-5,12-13,17,22H,6-11,14-16H2,1H3/t22-/m1/s1. The third kappa shape index (κ3) is 6.10. The van der Waals surface area contributed by atoms with Crippen molar-refractivity contribution < 1.29 is 37.0 Å². The van der Waals surface area contributed by atoms with E-state index in [1.165, 1.54) is 23.2 Å². The number of rotatable bonds is 7. The number of likely N-dealkylation sites (tertiary alicyclic amines) is 1. The van der Waals surface area contributed by atoms with Crippen molar-refractivity contribution in [2.45, 2.75) is 45.0 Å². The Morgan fingerprint density at radius 1 is 1.08 bits per heavy atom. The normalized spacial score (nSPS) is 20.0. The maximum atomic E-state index is 13.1. The highest BCUT2D eigenvalue weighted by Crippen LogP contribution is 2.31. The van der Waals surface area contributed by atoms with Crippen LogP contribution in [0.4, 0.5) is 18.9 Å². The minimum Gasteiger partial charge on any atom is -0.479 e. The third-order valence-electron chi connectivity index (χ3n) is 7.27. The summed E-state index contributed by atoms with van der Waals surface area (Å²) in [6.07, 6.45) is -1.76. The van der Waals surface area contributed by atoms with Crippen LogP contribution in [0.1, 0.15) is 42.1 Å². The number of carbonyl (C=O) groups is 3. The van der Waals surface area contributed by atoms with Gasteiger partial charge >= 0.3 is 6.18 Å². The maximum absolute atomic E-state index is 13.1. The first-order valence-electron chi connectivity index (χ1n) is 12.9. The molecule has 1 atom stereocenters. The number of anilines is 1. The highest BCUT2D eigenvalue weighted by molar-refractivity contribution is 6.03. The van der Waals surface area contributed by atoms with E-state index in [0.717, 1.165) is 18.4 Å². The van der Waals surface area contributed by atoms with Crippen molar-refractivity contribution in [1.82, 2.24) is 14.8 Å². The van der Waals surface area contributed by atoms with Gasteiger partial charge in [-0.05, 0) is 42.5 Å². The van der Waals surface area contributed by atoms with Gasteiger partial charge in [0.25, 0.3) is 11.8 Å². The number of amides is 3. The molecule has 3 amide bonds. The maximum Gasteiger partial charge on any atom is 0.422 e. The van der Waals surface area contributed by atoms with E-state index in [9.17, 15) is 27.6 Å². The lowest BCUT2D eigenvalue weighted by Crippen LogP contribution is -2.44. The summed E-state index contributed by atoms with van der Waals surface area (Å²) in [6, 6.07) is 7.90. The average Bonchev–Trinajstić information content (AvgIpc) is 3.42. The number of ether oxygens (including phenoxy) is 2. The zero-order valence-electron chi connectivity index (χ0n) is 21.4. The summed E-state index contributed by atoms with van der Waals surface area (Å²) in [5, 5.41) is 0. The molecule has 3 aliphatic rings. The van der Waals surface area contributed by atoms with Crippen LogP contribution < -0.4 is 14.4 Å². The van der Waals surface area contributed by atoms with Gasteiger partial charge in [-0.2, -0.15) is 13.2 Å². The molecular weight excluding hydrogens is 517 g/mol. The van der Waals surface area contributed by atoms with Gasteiger partial charge in [0.1, 0.15) is 12.3 Å². The summed E-state index contributed by atoms with van der Waals surface area (Å²) >= 11 is 0. The van der Waals surface area contributed by atoms with Crippen molar-refractivity contribution in [3.8, 4) is 11.6 Å². The fourth-order valence-electron chi connectivity index (χ4n) is 5.03. The Labute approximate surface area is 223 Å². The van der Waals surface area contributed by atoms with E-state index in [0.29, 0.717) is 49.8 Å². The monoisotopic (exact) mass is 546 g/mol. The first kappa shape index (κ1) is 26.8. The van der Waals surface area contributed by atoms with Crippen LogP contribution in [0.5, 0.6) is 11.6 Å². The molecule has 0 bridgehead atoms. The summed E-state index contributed by atoms with van der Waals surface area (Å²) in [7, 11) is 0. The molecule has 2 aromatic rings. The molecule has 12 heteroatoms. The van der Waals surface area contributed by atoms with Crippen LogP contribution in [0.15, 0.2) is 36.5 Å². The van der Waals surface area contributed by atoms with Crippen LogP contribution in [0.2, 0.25) is 0 Å². The van der Waals surface area contributed by atoms with Gasteiger partial charge in [0.15, 0.2) is 12.7 Å². The van der Waals surface area contributed by atoms with Crippen LogP contribution in [0, 0.1) is 5.92 Å². The molecule has 2 fully saturated rings. The molecular formula is C27H29F3N4O5. The van der Waals surface area contributed by atoms with Crippen molar-refractivity contribution in [2.24, 2.45) is 5.92 Å². The molecule has 1 aromatic heterocycles. The van der Waals surface area contributed by atoms with Gasteiger partial charge < -0.3 is 24.2 Å². The van der Waals surface area contributed by atoms with Crippen LogP contribution in [-0.2, 0) is 16.1 Å². The Morgan fingerprint density at radius 2 is 1.85 bits per heavy atom. The second-order valence-corrected chi connectivity index (χ2v) is 10.2. The summed E-state index contributed by atoms with van der Waals surface area (Å²) in [6.45, 7) is 2.90. The van der Waals surface area contributed by atoms with E-state index in [1.807, 2.05) is 4.90 Å². The summed E-state index contributed by atoms with van der Waals surface area (Å²) in [4.78, 5) is 47.6. The highest BCUT2D eigenvalue weighted by Gasteiger charge is 2.37. The molecule has 208 valence electrons. The second kappa shape index (κ2) is 10.7. The molecule has 0 aliphatic carbocycles. The third-order valence-corrected chi connectivity index (χ3v) is 7.27. The number of alkyl halides is 3. The number of hydrogen-bond acceptors (Lipinski definition) is 6. The Bertz CT molecular complexity index is 1240. The van der Waals surface area contributed by atoms with E-state index in [4.69, 9.17) is 4.74 Å². The molecule has 0 saturated carbocycles. The molecule has 2 saturated heterocycles. The number of fused-ring (bicyclic) bond motifs is 1. The number of halogens is 3. The lowest BCUT2D eigenvalue weighted by molar-refractivity contribution is -0.154. The van der Waals surface area contributed by atoms with Gasteiger partial charge in [0, 0.05) is 49.9 Å². The second-order valence-electron chi connectivity index (χ2n) is 10.2. The van der Waals surface area contributed by atoms with Crippen LogP contribution in [0.25, 0.3) is 0 Å². The fourth-order valence-corrected chi connectivity index (χ4v) is 5.03. The van der Waals surface area contributed by atoms with Gasteiger partial charge in [-0.1, -0.05) is 13.0 Å². The summed E-state index contributed by atoms with van der Waals surface area (Å²) in [5.41, 5.74) is 1.84. The first-order valence-corrected chi connectivity index (χ1v) is 12.9. The lowest BCUT2D eigenvalue weighted by Gasteiger charge is -2.31. The predicted octanol–water partition coefficient (Wildman–Crippen LogP) is 3.42. The van der Waals surface area contributed by atoms with Gasteiger partial charge in [0.2, 0.25) is 11.8 Å². The summed E-state index contributed by atoms with van der Waals surface area (Å²) < 4.78 is 47.2. The van der Waals surface area contributed by atoms with Gasteiger partial charge in [0.05, 0.1) is 6.20 Å². The molecule has 4 heterocycles. The first-order chi connectivity index (χ1) is 18.6. The van der Waals surface area contributed by atoms with Crippen molar-refractivity contribution in [3.05, 3.63) is 47.7 Å². The zero-order valence-corrected chi connectivity index (χ0v) is 21.4. The predicted molar refractivity (Wildman–Crippen MR) is 133 cm³/mol. The molecule has 0 N–H and O–H groups in total. The molecule has 0 spiro atoms. The number of aromatic nitrogens is 1. The number of hydrogen-bond donors (Lipinski definition) is 0. The summed E-state index contributed by atoms with van der Waals surface area (Å²) in [5.74, 6) is 0.0395. The van der Waals surface area contributed by atoms with E-state index in [-0.39, 0.29) is 35.9 Å². The molecule has 39 heavy (non-hydrogen) atoms. The van der Waals surface area contributed by atoms with E-state index < -0.39 is 18.9 Å². The number of piperidine rings is 1. The molecule has 0 radical (unpaired) electrons. The number of carbonyl (C=O) groups excluding carboxylic acids is 3. The van der Waals surface area contributed by atoms with E-state index in [2.05, 4.69) is 16.6 Å². The van der Waals surface area contributed by atoms with E-state index in [1.54, 1.807) is 23.1 Å². The smallest absolute Gasteiger partial charge is 0.422 e. The number of benzene rings is 1. The Kier molecular flexibility index (Phi) is 7.37. The van der Waals surface area contributed by atoms with Crippen molar-refractivity contribution >= 4 is 23.4 Å². The topological polar surface area (TPSA) is 92.3 Å². The minimum atomic E-state index is -4.47. The number of nitrogens with zero attached hydrogens (tertiary/aromatic N) is 4. The average molecular weight is 547 g/mol. The van der Waals surface area contributed by atoms with Crippen molar-refractivity contribution in [2.75, 3.05) is 37.7 Å². The van der Waals surface area contributed by atoms with Crippen molar-refractivity contribution in [3.63, 3.8) is 0 Å². The van der Waals surface area contributed by atoms with E-state index >= 15 is 0 Å². The molecule has 3 aliphatic heterocycles. The Balaban J connectivity index is 1.18. The lowest BCUT2D eigenvalue weighted by atomic mass is 9.99. The highest BCUT2D eigenvalue weighted by atomic mass is 19.4. The van der Waals surface area contributed by atoms with Crippen LogP contribution >= 0.6 is 0 Å². The van der Waals surface area contributed by atoms with Crippen LogP contribution in [-0.4, -0.2) is 77.6 Å². The molecule has 1 aromatic carbocycles. The van der Waals surface area contributed by atoms with Gasteiger partial charge in [-0.25, -0.2) is 4.98 Å². The molecule has 0 unspecified atom stereocenters. The Morgan fingerprint density at radius 3 is 2.54 bits per heavy atom. The zero-order chi connectivity index (χ0) is 27.7. The molecule has 9 nitrogen and oxygen atoms in total. The number of pyridine rings is 1. The largest absolute Gasteiger partial charge is 0.479 e.